The Morgan fingerprint density at radius 2 is 2.50 bits per heavy atom. The van der Waals surface area contributed by atoms with Crippen LogP contribution in [-0.4, -0.2) is 31.7 Å². The second-order valence-electron chi connectivity index (χ2n) is 2.43. The molecule has 0 radical (unpaired) electrons. The molecular formula is C6H12N2O2. The van der Waals surface area contributed by atoms with Gasteiger partial charge in [-0.15, -0.1) is 0 Å². The molecule has 0 unspecified atom stereocenters. The summed E-state index contributed by atoms with van der Waals surface area (Å²) < 4.78 is 5.08. The van der Waals surface area contributed by atoms with E-state index in [9.17, 15) is 4.79 Å². The summed E-state index contributed by atoms with van der Waals surface area (Å²) in [5.41, 5.74) is 5.51. The first-order valence-corrected chi connectivity index (χ1v) is 3.33. The first-order valence-electron chi connectivity index (χ1n) is 3.33. The Balaban J connectivity index is 2.37. The van der Waals surface area contributed by atoms with E-state index in [1.165, 1.54) is 0 Å². The van der Waals surface area contributed by atoms with Gasteiger partial charge in [-0.2, -0.15) is 0 Å². The molecule has 0 spiro atoms. The van der Waals surface area contributed by atoms with Crippen molar-refractivity contribution in [3.05, 3.63) is 0 Å². The lowest BCUT2D eigenvalue weighted by molar-refractivity contribution is -0.129. The number of likely N-dealkylation sites (N-methyl/N-ethyl adjacent to an activating group) is 1. The summed E-state index contributed by atoms with van der Waals surface area (Å²) in [4.78, 5) is 10.9. The van der Waals surface area contributed by atoms with Crippen LogP contribution in [0.15, 0.2) is 0 Å². The van der Waals surface area contributed by atoms with Gasteiger partial charge in [0.1, 0.15) is 6.10 Å². The third-order valence-electron chi connectivity index (χ3n) is 1.57. The van der Waals surface area contributed by atoms with Gasteiger partial charge in [-0.3, -0.25) is 4.79 Å². The zero-order valence-corrected chi connectivity index (χ0v) is 5.96. The van der Waals surface area contributed by atoms with Crippen LogP contribution in [-0.2, 0) is 9.53 Å². The van der Waals surface area contributed by atoms with E-state index in [4.69, 9.17) is 10.5 Å². The minimum absolute atomic E-state index is 0.0299. The summed E-state index contributed by atoms with van der Waals surface area (Å²) in [5.74, 6) is -0.0760. The summed E-state index contributed by atoms with van der Waals surface area (Å²) in [6.07, 6.45) is 0.319. The Morgan fingerprint density at radius 1 is 1.80 bits per heavy atom. The van der Waals surface area contributed by atoms with E-state index >= 15 is 0 Å². The van der Waals surface area contributed by atoms with E-state index in [1.54, 1.807) is 7.05 Å². The van der Waals surface area contributed by atoms with E-state index < -0.39 is 0 Å². The fourth-order valence-electron chi connectivity index (χ4n) is 0.995. The second-order valence-corrected chi connectivity index (χ2v) is 2.43. The van der Waals surface area contributed by atoms with E-state index in [0.29, 0.717) is 13.0 Å². The zero-order chi connectivity index (χ0) is 7.56. The lowest BCUT2D eigenvalue weighted by atomic mass is 10.2. The minimum Gasteiger partial charge on any atom is -0.367 e. The second kappa shape index (κ2) is 2.98. The van der Waals surface area contributed by atoms with Crippen molar-refractivity contribution in [3.8, 4) is 0 Å². The van der Waals surface area contributed by atoms with Crippen LogP contribution in [0.5, 0.6) is 0 Å². The predicted molar refractivity (Wildman–Crippen MR) is 36.4 cm³/mol. The summed E-state index contributed by atoms with van der Waals surface area (Å²) in [7, 11) is 1.59. The fraction of sp³-hybridized carbons (Fsp3) is 0.833. The Bertz CT molecular complexity index is 138. The highest BCUT2D eigenvalue weighted by Gasteiger charge is 2.27. The SMILES string of the molecule is CNC(=O)[C@H]1C[C@@H](N)CO1. The van der Waals surface area contributed by atoms with Crippen molar-refractivity contribution in [3.63, 3.8) is 0 Å². The van der Waals surface area contributed by atoms with Crippen molar-refractivity contribution in [2.75, 3.05) is 13.7 Å². The van der Waals surface area contributed by atoms with Crippen molar-refractivity contribution < 1.29 is 9.53 Å². The number of nitrogens with two attached hydrogens (primary N) is 1. The molecule has 10 heavy (non-hydrogen) atoms. The molecule has 0 aromatic heterocycles. The van der Waals surface area contributed by atoms with Gasteiger partial charge in [0, 0.05) is 13.1 Å². The number of hydrogen-bond acceptors (Lipinski definition) is 3. The molecule has 0 aromatic rings. The standard InChI is InChI=1S/C6H12N2O2/c1-8-6(9)5-2-4(7)3-10-5/h4-5H,2-3,7H2,1H3,(H,8,9)/t4-,5-/m1/s1. The molecule has 4 heteroatoms. The lowest BCUT2D eigenvalue weighted by Crippen LogP contribution is -2.31. The van der Waals surface area contributed by atoms with Gasteiger partial charge in [0.05, 0.1) is 6.61 Å². The number of ether oxygens (including phenoxy) is 1. The van der Waals surface area contributed by atoms with Gasteiger partial charge < -0.3 is 15.8 Å². The van der Waals surface area contributed by atoms with Gasteiger partial charge in [0.15, 0.2) is 0 Å². The van der Waals surface area contributed by atoms with Crippen molar-refractivity contribution in [1.82, 2.24) is 5.32 Å². The largest absolute Gasteiger partial charge is 0.367 e. The van der Waals surface area contributed by atoms with Crippen LogP contribution in [0.1, 0.15) is 6.42 Å². The zero-order valence-electron chi connectivity index (χ0n) is 5.96. The van der Waals surface area contributed by atoms with Crippen molar-refractivity contribution in [2.24, 2.45) is 5.73 Å². The topological polar surface area (TPSA) is 64.4 Å². The Labute approximate surface area is 59.7 Å². The Morgan fingerprint density at radius 3 is 2.90 bits per heavy atom. The van der Waals surface area contributed by atoms with E-state index in [0.717, 1.165) is 0 Å². The van der Waals surface area contributed by atoms with E-state index in [2.05, 4.69) is 5.32 Å². The third-order valence-corrected chi connectivity index (χ3v) is 1.57. The number of rotatable bonds is 1. The summed E-state index contributed by atoms with van der Waals surface area (Å²) in [5, 5.41) is 2.51. The van der Waals surface area contributed by atoms with E-state index in [1.807, 2.05) is 0 Å². The van der Waals surface area contributed by atoms with E-state index in [-0.39, 0.29) is 18.1 Å². The van der Waals surface area contributed by atoms with Crippen molar-refractivity contribution in [1.29, 1.82) is 0 Å². The Kier molecular flexibility index (Phi) is 2.24. The molecule has 2 atom stereocenters. The quantitative estimate of drug-likeness (QED) is 0.488. The van der Waals surface area contributed by atoms with Crippen LogP contribution >= 0.6 is 0 Å². The van der Waals surface area contributed by atoms with Crippen LogP contribution in [0.3, 0.4) is 0 Å². The van der Waals surface area contributed by atoms with Gasteiger partial charge >= 0.3 is 0 Å². The third kappa shape index (κ3) is 1.46. The fourth-order valence-corrected chi connectivity index (χ4v) is 0.995. The van der Waals surface area contributed by atoms with Crippen LogP contribution in [0.2, 0.25) is 0 Å². The van der Waals surface area contributed by atoms with Gasteiger partial charge in [-0.05, 0) is 6.42 Å². The molecule has 1 amide bonds. The maximum absolute atomic E-state index is 10.9. The molecule has 4 nitrogen and oxygen atoms in total. The summed E-state index contributed by atoms with van der Waals surface area (Å²) in [6, 6.07) is 0.0299. The van der Waals surface area contributed by atoms with Crippen LogP contribution in [0.25, 0.3) is 0 Å². The molecule has 1 aliphatic heterocycles. The van der Waals surface area contributed by atoms with Gasteiger partial charge in [-0.1, -0.05) is 0 Å². The number of hydrogen-bond donors (Lipinski definition) is 2. The molecule has 58 valence electrons. The molecule has 0 aliphatic carbocycles. The summed E-state index contributed by atoms with van der Waals surface area (Å²) in [6.45, 7) is 0.498. The molecule has 0 aromatic carbocycles. The highest BCUT2D eigenvalue weighted by molar-refractivity contribution is 5.80. The lowest BCUT2D eigenvalue weighted by Gasteiger charge is -2.05. The number of carbonyl (C=O) groups is 1. The van der Waals surface area contributed by atoms with Crippen LogP contribution in [0, 0.1) is 0 Å². The van der Waals surface area contributed by atoms with Gasteiger partial charge in [0.25, 0.3) is 0 Å². The van der Waals surface area contributed by atoms with Gasteiger partial charge in [-0.25, -0.2) is 0 Å². The maximum atomic E-state index is 10.9. The van der Waals surface area contributed by atoms with Crippen molar-refractivity contribution >= 4 is 5.91 Å². The molecule has 1 aliphatic rings. The number of carbonyl (C=O) groups excluding carboxylic acids is 1. The molecule has 0 saturated carbocycles. The maximum Gasteiger partial charge on any atom is 0.248 e. The van der Waals surface area contributed by atoms with Crippen LogP contribution < -0.4 is 11.1 Å². The number of nitrogens with one attached hydrogen (secondary N) is 1. The monoisotopic (exact) mass is 144 g/mol. The molecule has 1 rings (SSSR count). The average Bonchev–Trinajstić information content (AvgIpc) is 2.34. The average molecular weight is 144 g/mol. The molecule has 3 N–H and O–H groups in total. The molecule has 1 saturated heterocycles. The molecular weight excluding hydrogens is 132 g/mol. The van der Waals surface area contributed by atoms with Gasteiger partial charge in [0.2, 0.25) is 5.91 Å². The normalized spacial score (nSPS) is 32.2. The van der Waals surface area contributed by atoms with Crippen molar-refractivity contribution in [2.45, 2.75) is 18.6 Å². The molecule has 1 fully saturated rings. The summed E-state index contributed by atoms with van der Waals surface area (Å²) >= 11 is 0. The van der Waals surface area contributed by atoms with Crippen LogP contribution in [0.4, 0.5) is 0 Å². The smallest absolute Gasteiger partial charge is 0.248 e. The highest BCUT2D eigenvalue weighted by Crippen LogP contribution is 2.10. The molecule has 1 heterocycles. The highest BCUT2D eigenvalue weighted by atomic mass is 16.5. The Hall–Kier alpha value is -0.610. The molecule has 0 bridgehead atoms. The minimum atomic E-state index is -0.319. The number of amides is 1. The first-order chi connectivity index (χ1) is 4.74. The predicted octanol–water partition coefficient (Wildman–Crippen LogP) is -1.15. The first kappa shape index (κ1) is 7.50.